The Morgan fingerprint density at radius 2 is 1.76 bits per heavy atom. The molecule has 2 N–H and O–H groups in total. The Balaban J connectivity index is 1.76. The molecule has 3 rings (SSSR count). The first-order valence-corrected chi connectivity index (χ1v) is 11.5. The number of carbonyl (C=O) groups excluding carboxylic acids is 1. The minimum absolute atomic E-state index is 0.00953. The van der Waals surface area contributed by atoms with Gasteiger partial charge in [-0.25, -0.2) is 0 Å². The van der Waals surface area contributed by atoms with Crippen LogP contribution in [0.4, 0.5) is 11.4 Å². The van der Waals surface area contributed by atoms with Gasteiger partial charge in [-0.15, -0.1) is 0 Å². The van der Waals surface area contributed by atoms with Gasteiger partial charge in [0.05, 0.1) is 22.7 Å². The van der Waals surface area contributed by atoms with Crippen LogP contribution < -0.4 is 10.6 Å². The number of nitro benzene ring substituents is 1. The van der Waals surface area contributed by atoms with Gasteiger partial charge in [0.15, 0.2) is 0 Å². The molecule has 8 heteroatoms. The van der Waals surface area contributed by atoms with Crippen molar-refractivity contribution in [2.45, 2.75) is 32.9 Å². The molecule has 2 unspecified atom stereocenters. The first-order chi connectivity index (χ1) is 16.4. The lowest BCUT2D eigenvalue weighted by Crippen LogP contribution is -2.38. The topological polar surface area (TPSA) is 100 Å². The SMILES string of the molecule is CCN(CC)C(CNC(=O)c1ccc(NC(C)c2ccccn2)c([N+](=O)[O-])c1)c1ccccc1. The predicted octanol–water partition coefficient (Wildman–Crippen LogP) is 4.98. The number of anilines is 1. The molecule has 0 spiro atoms. The summed E-state index contributed by atoms with van der Waals surface area (Å²) in [5.41, 5.74) is 2.31. The standard InChI is InChI=1S/C26H31N5O3/c1-4-30(5-2)25(20-11-7-6-8-12-20)18-28-26(32)21-14-15-23(24(17-21)31(33)34)29-19(3)22-13-9-10-16-27-22/h6-17,19,25,29H,4-5,18H2,1-3H3,(H,28,32). The highest BCUT2D eigenvalue weighted by Crippen LogP contribution is 2.29. The maximum Gasteiger partial charge on any atom is 0.293 e. The van der Waals surface area contributed by atoms with Crippen LogP contribution in [0.2, 0.25) is 0 Å². The van der Waals surface area contributed by atoms with Gasteiger partial charge in [-0.2, -0.15) is 0 Å². The molecule has 0 fully saturated rings. The fourth-order valence-electron chi connectivity index (χ4n) is 3.97. The Morgan fingerprint density at radius 3 is 2.38 bits per heavy atom. The normalized spacial score (nSPS) is 12.7. The van der Waals surface area contributed by atoms with Crippen molar-refractivity contribution in [2.24, 2.45) is 0 Å². The maximum absolute atomic E-state index is 12.9. The van der Waals surface area contributed by atoms with Gasteiger partial charge in [0.2, 0.25) is 0 Å². The second kappa shape index (κ2) is 11.9. The highest BCUT2D eigenvalue weighted by Gasteiger charge is 2.22. The quantitative estimate of drug-likeness (QED) is 0.309. The Kier molecular flexibility index (Phi) is 8.70. The van der Waals surface area contributed by atoms with Crippen LogP contribution in [0.3, 0.4) is 0 Å². The van der Waals surface area contributed by atoms with E-state index in [1.807, 2.05) is 55.5 Å². The summed E-state index contributed by atoms with van der Waals surface area (Å²) >= 11 is 0. The summed E-state index contributed by atoms with van der Waals surface area (Å²) in [6.45, 7) is 8.13. The van der Waals surface area contributed by atoms with E-state index in [2.05, 4.69) is 34.4 Å². The third-order valence-corrected chi connectivity index (χ3v) is 5.85. The molecule has 0 saturated carbocycles. The van der Waals surface area contributed by atoms with E-state index in [9.17, 15) is 14.9 Å². The highest BCUT2D eigenvalue weighted by atomic mass is 16.6. The van der Waals surface area contributed by atoms with E-state index >= 15 is 0 Å². The number of hydrogen-bond donors (Lipinski definition) is 2. The van der Waals surface area contributed by atoms with E-state index in [1.165, 1.54) is 6.07 Å². The van der Waals surface area contributed by atoms with Crippen LogP contribution in [0.5, 0.6) is 0 Å². The summed E-state index contributed by atoms with van der Waals surface area (Å²) in [6, 6.07) is 19.8. The van der Waals surface area contributed by atoms with Crippen LogP contribution in [-0.4, -0.2) is 40.3 Å². The van der Waals surface area contributed by atoms with Gasteiger partial charge >= 0.3 is 0 Å². The van der Waals surface area contributed by atoms with Crippen molar-refractivity contribution in [3.8, 4) is 0 Å². The van der Waals surface area contributed by atoms with E-state index in [0.717, 1.165) is 24.3 Å². The number of likely N-dealkylation sites (N-methyl/N-ethyl adjacent to an activating group) is 1. The molecule has 2 atom stereocenters. The summed E-state index contributed by atoms with van der Waals surface area (Å²) in [4.78, 5) is 30.7. The number of nitrogens with zero attached hydrogens (tertiary/aromatic N) is 3. The summed E-state index contributed by atoms with van der Waals surface area (Å²) in [6.07, 6.45) is 1.68. The lowest BCUT2D eigenvalue weighted by Gasteiger charge is -2.30. The molecule has 1 amide bonds. The lowest BCUT2D eigenvalue weighted by atomic mass is 10.0. The van der Waals surface area contributed by atoms with Crippen molar-refractivity contribution in [3.63, 3.8) is 0 Å². The monoisotopic (exact) mass is 461 g/mol. The van der Waals surface area contributed by atoms with Crippen LogP contribution in [-0.2, 0) is 0 Å². The summed E-state index contributed by atoms with van der Waals surface area (Å²) in [5.74, 6) is -0.347. The van der Waals surface area contributed by atoms with Gasteiger partial charge in [-0.1, -0.05) is 50.2 Å². The molecule has 0 aliphatic heterocycles. The molecule has 1 heterocycles. The zero-order valence-electron chi connectivity index (χ0n) is 19.8. The lowest BCUT2D eigenvalue weighted by molar-refractivity contribution is -0.384. The molecule has 0 bridgehead atoms. The molecule has 34 heavy (non-hydrogen) atoms. The number of hydrogen-bond acceptors (Lipinski definition) is 6. The van der Waals surface area contributed by atoms with Crippen molar-refractivity contribution >= 4 is 17.3 Å². The van der Waals surface area contributed by atoms with Gasteiger partial charge < -0.3 is 10.6 Å². The van der Waals surface area contributed by atoms with Crippen LogP contribution in [0.15, 0.2) is 72.9 Å². The van der Waals surface area contributed by atoms with Crippen molar-refractivity contribution in [1.29, 1.82) is 0 Å². The minimum Gasteiger partial charge on any atom is -0.371 e. The maximum atomic E-state index is 12.9. The van der Waals surface area contributed by atoms with Gasteiger partial charge in [0.1, 0.15) is 5.69 Å². The van der Waals surface area contributed by atoms with Crippen molar-refractivity contribution in [2.75, 3.05) is 25.0 Å². The second-order valence-electron chi connectivity index (χ2n) is 7.97. The van der Waals surface area contributed by atoms with E-state index in [0.29, 0.717) is 12.2 Å². The molecule has 178 valence electrons. The third kappa shape index (κ3) is 6.17. The minimum atomic E-state index is -0.479. The number of carbonyl (C=O) groups is 1. The number of rotatable bonds is 11. The van der Waals surface area contributed by atoms with Crippen LogP contribution >= 0.6 is 0 Å². The van der Waals surface area contributed by atoms with Crippen molar-refractivity contribution in [1.82, 2.24) is 15.2 Å². The fraction of sp³-hybridized carbons (Fsp3) is 0.308. The second-order valence-corrected chi connectivity index (χ2v) is 7.97. The van der Waals surface area contributed by atoms with Gasteiger partial charge in [0.25, 0.3) is 11.6 Å². The highest BCUT2D eigenvalue weighted by molar-refractivity contribution is 5.95. The largest absolute Gasteiger partial charge is 0.371 e. The first kappa shape index (κ1) is 24.9. The third-order valence-electron chi connectivity index (χ3n) is 5.85. The Morgan fingerprint density at radius 1 is 1.06 bits per heavy atom. The van der Waals surface area contributed by atoms with Crippen LogP contribution in [0.25, 0.3) is 0 Å². The van der Waals surface area contributed by atoms with Crippen molar-refractivity contribution in [3.05, 3.63) is 99.9 Å². The summed E-state index contributed by atoms with van der Waals surface area (Å²) in [5, 5.41) is 17.8. The fourth-order valence-corrected chi connectivity index (χ4v) is 3.97. The number of nitrogens with one attached hydrogen (secondary N) is 2. The van der Waals surface area contributed by atoms with E-state index in [-0.39, 0.29) is 29.2 Å². The molecule has 3 aromatic rings. The number of amides is 1. The molecule has 0 radical (unpaired) electrons. The van der Waals surface area contributed by atoms with Gasteiger partial charge in [-0.05, 0) is 49.8 Å². The molecular formula is C26H31N5O3. The van der Waals surface area contributed by atoms with Crippen LogP contribution in [0.1, 0.15) is 54.5 Å². The van der Waals surface area contributed by atoms with Crippen molar-refractivity contribution < 1.29 is 9.72 Å². The number of aromatic nitrogens is 1. The number of pyridine rings is 1. The molecule has 2 aromatic carbocycles. The van der Waals surface area contributed by atoms with Crippen LogP contribution in [0, 0.1) is 10.1 Å². The zero-order valence-corrected chi connectivity index (χ0v) is 19.8. The smallest absolute Gasteiger partial charge is 0.293 e. The summed E-state index contributed by atoms with van der Waals surface area (Å²) in [7, 11) is 0. The predicted molar refractivity (Wildman–Crippen MR) is 134 cm³/mol. The molecule has 0 aliphatic carbocycles. The average molecular weight is 462 g/mol. The molecule has 0 aliphatic rings. The Hall–Kier alpha value is -3.78. The molecular weight excluding hydrogens is 430 g/mol. The Labute approximate surface area is 200 Å². The molecule has 0 saturated heterocycles. The van der Waals surface area contributed by atoms with E-state index in [1.54, 1.807) is 18.3 Å². The summed E-state index contributed by atoms with van der Waals surface area (Å²) < 4.78 is 0. The van der Waals surface area contributed by atoms with Gasteiger partial charge in [-0.3, -0.25) is 24.8 Å². The van der Waals surface area contributed by atoms with E-state index in [4.69, 9.17) is 0 Å². The van der Waals surface area contributed by atoms with E-state index < -0.39 is 4.92 Å². The molecule has 8 nitrogen and oxygen atoms in total. The number of nitro groups is 1. The first-order valence-electron chi connectivity index (χ1n) is 11.5. The average Bonchev–Trinajstić information content (AvgIpc) is 2.87. The Bertz CT molecular complexity index is 1090. The van der Waals surface area contributed by atoms with Gasteiger partial charge in [0, 0.05) is 24.4 Å². The molecule has 1 aromatic heterocycles. The zero-order chi connectivity index (χ0) is 24.5. The number of benzene rings is 2.